The summed E-state index contributed by atoms with van der Waals surface area (Å²) < 4.78 is 8.50. The van der Waals surface area contributed by atoms with E-state index in [0.29, 0.717) is 12.8 Å². The summed E-state index contributed by atoms with van der Waals surface area (Å²) >= 11 is 3.27. The maximum atomic E-state index is 12.7. The van der Waals surface area contributed by atoms with E-state index in [0.717, 1.165) is 49.4 Å². The molecule has 6 nitrogen and oxygen atoms in total. The Morgan fingerprint density at radius 1 is 1.00 bits per heavy atom. The maximum Gasteiger partial charge on any atom is 0.224 e. The Hall–Kier alpha value is -4.01. The van der Waals surface area contributed by atoms with Crippen molar-refractivity contribution in [3.63, 3.8) is 0 Å². The van der Waals surface area contributed by atoms with E-state index in [1.807, 2.05) is 54.7 Å². The molecule has 0 unspecified atom stereocenters. The average molecular weight is 525 g/mol. The predicted molar refractivity (Wildman–Crippen MR) is 152 cm³/mol. The van der Waals surface area contributed by atoms with E-state index in [9.17, 15) is 4.79 Å². The molecule has 0 radical (unpaired) electrons. The minimum absolute atomic E-state index is 0.0157. The quantitative estimate of drug-likeness (QED) is 0.239. The van der Waals surface area contributed by atoms with Crippen molar-refractivity contribution in [1.82, 2.24) is 14.4 Å². The molecule has 6 aromatic rings. The Kier molecular flexibility index (Phi) is 6.20. The number of nitrogens with zero attached hydrogens (tertiary/aromatic N) is 3. The molecule has 0 aliphatic heterocycles. The smallest absolute Gasteiger partial charge is 0.224 e. The van der Waals surface area contributed by atoms with Gasteiger partial charge in [-0.3, -0.25) is 9.20 Å². The Bertz CT molecular complexity index is 1710. The molecule has 0 saturated heterocycles. The molecule has 0 atom stereocenters. The number of carbonyl (C=O) groups is 1. The van der Waals surface area contributed by atoms with Crippen molar-refractivity contribution in [3.8, 4) is 27.6 Å². The third kappa shape index (κ3) is 4.85. The summed E-state index contributed by atoms with van der Waals surface area (Å²) in [6.07, 6.45) is 3.05. The highest BCUT2D eigenvalue weighted by atomic mass is 32.1. The molecule has 0 fully saturated rings. The van der Waals surface area contributed by atoms with Crippen LogP contribution in [-0.2, 0) is 11.2 Å². The zero-order valence-corrected chi connectivity index (χ0v) is 22.0. The van der Waals surface area contributed by atoms with Gasteiger partial charge in [-0.1, -0.05) is 6.07 Å². The van der Waals surface area contributed by atoms with Crippen LogP contribution >= 0.6 is 22.7 Å². The van der Waals surface area contributed by atoms with Crippen molar-refractivity contribution >= 4 is 49.4 Å². The van der Waals surface area contributed by atoms with E-state index < -0.39 is 0 Å². The number of amides is 1. The van der Waals surface area contributed by atoms with Crippen molar-refractivity contribution in [1.29, 1.82) is 0 Å². The molecule has 3 aromatic heterocycles. The SMILES string of the molecule is COc1ccc(-c2cn3c(CCC(=O)Nc4ccc(-c5nc6ccc(C)cc6s5)cc4)csc3n2)cc1. The van der Waals surface area contributed by atoms with Crippen LogP contribution in [0, 0.1) is 6.92 Å². The predicted octanol–water partition coefficient (Wildman–Crippen LogP) is 7.23. The van der Waals surface area contributed by atoms with Crippen LogP contribution in [0.1, 0.15) is 17.7 Å². The molecule has 184 valence electrons. The average Bonchev–Trinajstić information content (AvgIpc) is 3.62. The molecule has 6 rings (SSSR count). The molecule has 0 aliphatic carbocycles. The van der Waals surface area contributed by atoms with Crippen LogP contribution in [0.3, 0.4) is 0 Å². The number of anilines is 1. The zero-order chi connectivity index (χ0) is 25.4. The number of nitrogens with one attached hydrogen (secondary N) is 1. The Morgan fingerprint density at radius 3 is 2.57 bits per heavy atom. The fourth-order valence-electron chi connectivity index (χ4n) is 4.23. The van der Waals surface area contributed by atoms with Gasteiger partial charge in [-0.05, 0) is 79.6 Å². The molecule has 1 N–H and O–H groups in total. The maximum absolute atomic E-state index is 12.7. The van der Waals surface area contributed by atoms with Gasteiger partial charge in [-0.2, -0.15) is 0 Å². The second-order valence-electron chi connectivity index (χ2n) is 8.85. The molecule has 3 aromatic carbocycles. The molecule has 37 heavy (non-hydrogen) atoms. The van der Waals surface area contributed by atoms with Gasteiger partial charge in [0.15, 0.2) is 4.96 Å². The van der Waals surface area contributed by atoms with E-state index >= 15 is 0 Å². The number of imidazole rings is 1. The highest BCUT2D eigenvalue weighted by Gasteiger charge is 2.12. The van der Waals surface area contributed by atoms with E-state index in [2.05, 4.69) is 40.2 Å². The number of hydrogen-bond acceptors (Lipinski definition) is 6. The summed E-state index contributed by atoms with van der Waals surface area (Å²) in [7, 11) is 1.66. The summed E-state index contributed by atoms with van der Waals surface area (Å²) in [6, 6.07) is 22.1. The molecule has 0 aliphatic rings. The van der Waals surface area contributed by atoms with Crippen molar-refractivity contribution in [2.24, 2.45) is 0 Å². The van der Waals surface area contributed by atoms with Gasteiger partial charge in [0.05, 0.1) is 23.0 Å². The lowest BCUT2D eigenvalue weighted by molar-refractivity contribution is -0.116. The largest absolute Gasteiger partial charge is 0.497 e. The van der Waals surface area contributed by atoms with Crippen molar-refractivity contribution < 1.29 is 9.53 Å². The highest BCUT2D eigenvalue weighted by Crippen LogP contribution is 2.31. The number of methoxy groups -OCH3 is 1. The molecule has 1 amide bonds. The van der Waals surface area contributed by atoms with Gasteiger partial charge < -0.3 is 10.1 Å². The summed E-state index contributed by atoms with van der Waals surface area (Å²) in [6.45, 7) is 2.09. The number of ether oxygens (including phenoxy) is 1. The Balaban J connectivity index is 1.09. The second-order valence-corrected chi connectivity index (χ2v) is 10.7. The number of carbonyl (C=O) groups excluding carboxylic acids is 1. The van der Waals surface area contributed by atoms with Crippen molar-refractivity contribution in [2.75, 3.05) is 12.4 Å². The number of aryl methyl sites for hydroxylation is 2. The van der Waals surface area contributed by atoms with E-state index in [-0.39, 0.29) is 5.91 Å². The fourth-order valence-corrected chi connectivity index (χ4v) is 6.20. The lowest BCUT2D eigenvalue weighted by Gasteiger charge is -2.06. The summed E-state index contributed by atoms with van der Waals surface area (Å²) in [5.74, 6) is 0.802. The van der Waals surface area contributed by atoms with Crippen molar-refractivity contribution in [3.05, 3.63) is 89.6 Å². The van der Waals surface area contributed by atoms with Crippen LogP contribution in [0.5, 0.6) is 5.75 Å². The van der Waals surface area contributed by atoms with Crippen molar-refractivity contribution in [2.45, 2.75) is 19.8 Å². The highest BCUT2D eigenvalue weighted by molar-refractivity contribution is 7.21. The van der Waals surface area contributed by atoms with Gasteiger partial charge in [0.2, 0.25) is 5.91 Å². The van der Waals surface area contributed by atoms with Crippen LogP contribution in [0.25, 0.3) is 37.0 Å². The van der Waals surface area contributed by atoms with Gasteiger partial charge in [-0.15, -0.1) is 22.7 Å². The van der Waals surface area contributed by atoms with Gasteiger partial charge >= 0.3 is 0 Å². The van der Waals surface area contributed by atoms with Crippen LogP contribution in [-0.4, -0.2) is 27.4 Å². The normalized spacial score (nSPS) is 11.3. The molecule has 8 heteroatoms. The van der Waals surface area contributed by atoms with Crippen LogP contribution < -0.4 is 10.1 Å². The number of thiazole rings is 2. The minimum Gasteiger partial charge on any atom is -0.497 e. The first-order chi connectivity index (χ1) is 18.1. The topological polar surface area (TPSA) is 68.5 Å². The lowest BCUT2D eigenvalue weighted by atomic mass is 10.1. The molecule has 0 spiro atoms. The molecule has 0 bridgehead atoms. The third-order valence-corrected chi connectivity index (χ3v) is 8.19. The number of aromatic nitrogens is 3. The monoisotopic (exact) mass is 524 g/mol. The van der Waals surface area contributed by atoms with Gasteiger partial charge in [0, 0.05) is 40.5 Å². The first-order valence-electron chi connectivity index (χ1n) is 11.9. The van der Waals surface area contributed by atoms with E-state index in [1.165, 1.54) is 10.3 Å². The molecular formula is C29H24N4O2S2. The number of rotatable bonds is 7. The first-order valence-corrected chi connectivity index (χ1v) is 13.6. The number of fused-ring (bicyclic) bond motifs is 2. The second kappa shape index (κ2) is 9.80. The Labute approximate surface area is 222 Å². The third-order valence-electron chi connectivity index (χ3n) is 6.24. The number of benzene rings is 3. The van der Waals surface area contributed by atoms with E-state index in [4.69, 9.17) is 14.7 Å². The summed E-state index contributed by atoms with van der Waals surface area (Å²) in [5, 5.41) is 6.07. The van der Waals surface area contributed by atoms with Gasteiger partial charge in [0.1, 0.15) is 10.8 Å². The molecule has 3 heterocycles. The van der Waals surface area contributed by atoms with Crippen LogP contribution in [0.4, 0.5) is 5.69 Å². The van der Waals surface area contributed by atoms with Crippen LogP contribution in [0.15, 0.2) is 78.3 Å². The molecular weight excluding hydrogens is 500 g/mol. The molecule has 0 saturated carbocycles. The first kappa shape index (κ1) is 23.4. The standard InChI is InChI=1S/C29H24N4O2S2/c1-18-3-13-24-26(15-18)37-28(31-24)20-4-8-21(9-5-20)30-27(34)14-10-22-17-36-29-32-25(16-33(22)29)19-6-11-23(35-2)12-7-19/h3-9,11-13,15-17H,10,14H2,1-2H3,(H,30,34). The van der Waals surface area contributed by atoms with E-state index in [1.54, 1.807) is 29.8 Å². The van der Waals surface area contributed by atoms with Gasteiger partial charge in [0.25, 0.3) is 0 Å². The van der Waals surface area contributed by atoms with Crippen LogP contribution in [0.2, 0.25) is 0 Å². The summed E-state index contributed by atoms with van der Waals surface area (Å²) in [5.41, 5.74) is 7.09. The summed E-state index contributed by atoms with van der Waals surface area (Å²) in [4.78, 5) is 23.1. The fraction of sp³-hybridized carbons (Fsp3) is 0.138. The Morgan fingerprint density at radius 2 is 1.78 bits per heavy atom. The zero-order valence-electron chi connectivity index (χ0n) is 20.4. The lowest BCUT2D eigenvalue weighted by Crippen LogP contribution is -2.12. The van der Waals surface area contributed by atoms with Gasteiger partial charge in [-0.25, -0.2) is 9.97 Å². The number of hydrogen-bond donors (Lipinski definition) is 1. The minimum atomic E-state index is -0.0157.